The number of nitrogens with two attached hydrogens (primary N) is 1. The standard InChI is InChI=1S/C16H23N3/c1-11(2)19-14-7-6-12(3)10-13(14)18-15(19)16(17)8-4-5-9-16/h6-7,10-11H,4-5,8-9,17H2,1-3H3. The number of benzene rings is 1. The van der Waals surface area contributed by atoms with Crippen LogP contribution in [0.5, 0.6) is 0 Å². The lowest BCUT2D eigenvalue weighted by Gasteiger charge is -2.26. The number of fused-ring (bicyclic) bond motifs is 1. The van der Waals surface area contributed by atoms with Gasteiger partial charge in [0.15, 0.2) is 0 Å². The highest BCUT2D eigenvalue weighted by molar-refractivity contribution is 5.77. The van der Waals surface area contributed by atoms with E-state index < -0.39 is 0 Å². The van der Waals surface area contributed by atoms with Crippen LogP contribution in [0, 0.1) is 6.92 Å². The Bertz CT molecular complexity index is 604. The Kier molecular flexibility index (Phi) is 2.90. The molecule has 3 heteroatoms. The molecule has 0 amide bonds. The highest BCUT2D eigenvalue weighted by atomic mass is 15.1. The van der Waals surface area contributed by atoms with Crippen LogP contribution in [0.2, 0.25) is 0 Å². The zero-order valence-electron chi connectivity index (χ0n) is 12.1. The quantitative estimate of drug-likeness (QED) is 0.892. The molecule has 0 saturated heterocycles. The first-order valence-electron chi connectivity index (χ1n) is 7.29. The van der Waals surface area contributed by atoms with E-state index in [1.807, 2.05) is 0 Å². The van der Waals surface area contributed by atoms with Crippen molar-refractivity contribution in [1.82, 2.24) is 9.55 Å². The number of imidazole rings is 1. The first kappa shape index (κ1) is 12.7. The minimum atomic E-state index is -0.225. The van der Waals surface area contributed by atoms with Crippen LogP contribution in [0.15, 0.2) is 18.2 Å². The van der Waals surface area contributed by atoms with Crippen molar-refractivity contribution in [3.05, 3.63) is 29.6 Å². The zero-order chi connectivity index (χ0) is 13.6. The maximum Gasteiger partial charge on any atom is 0.130 e. The average molecular weight is 257 g/mol. The van der Waals surface area contributed by atoms with Gasteiger partial charge in [-0.2, -0.15) is 0 Å². The lowest BCUT2D eigenvalue weighted by Crippen LogP contribution is -2.36. The molecule has 1 aliphatic carbocycles. The monoisotopic (exact) mass is 257 g/mol. The van der Waals surface area contributed by atoms with Crippen LogP contribution in [-0.2, 0) is 5.54 Å². The summed E-state index contributed by atoms with van der Waals surface area (Å²) in [7, 11) is 0. The number of nitrogens with zero attached hydrogens (tertiary/aromatic N) is 2. The van der Waals surface area contributed by atoms with E-state index in [9.17, 15) is 0 Å². The van der Waals surface area contributed by atoms with Crippen LogP contribution in [0.25, 0.3) is 11.0 Å². The van der Waals surface area contributed by atoms with Gasteiger partial charge in [-0.3, -0.25) is 0 Å². The van der Waals surface area contributed by atoms with Gasteiger partial charge in [0.1, 0.15) is 5.82 Å². The Morgan fingerprint density at radius 1 is 1.26 bits per heavy atom. The first-order chi connectivity index (χ1) is 9.01. The van der Waals surface area contributed by atoms with Gasteiger partial charge in [0, 0.05) is 6.04 Å². The third kappa shape index (κ3) is 1.96. The van der Waals surface area contributed by atoms with Crippen molar-refractivity contribution in [2.24, 2.45) is 5.73 Å². The molecule has 0 aliphatic heterocycles. The fourth-order valence-corrected chi connectivity index (χ4v) is 3.31. The summed E-state index contributed by atoms with van der Waals surface area (Å²) in [6.07, 6.45) is 4.55. The minimum absolute atomic E-state index is 0.225. The Balaban J connectivity index is 2.25. The number of hydrogen-bond donors (Lipinski definition) is 1. The Hall–Kier alpha value is -1.35. The third-order valence-corrected chi connectivity index (χ3v) is 4.30. The van der Waals surface area contributed by atoms with Gasteiger partial charge in [0.25, 0.3) is 0 Å². The summed E-state index contributed by atoms with van der Waals surface area (Å²) in [4.78, 5) is 4.89. The molecule has 2 aromatic rings. The summed E-state index contributed by atoms with van der Waals surface area (Å²) in [6, 6.07) is 6.89. The number of aromatic nitrogens is 2. The highest BCUT2D eigenvalue weighted by Crippen LogP contribution is 2.38. The van der Waals surface area contributed by atoms with Crippen LogP contribution in [0.1, 0.15) is 57.0 Å². The van der Waals surface area contributed by atoms with Crippen LogP contribution in [0.3, 0.4) is 0 Å². The Labute approximate surface area is 114 Å². The fraction of sp³-hybridized carbons (Fsp3) is 0.562. The Morgan fingerprint density at radius 2 is 1.95 bits per heavy atom. The molecule has 19 heavy (non-hydrogen) atoms. The largest absolute Gasteiger partial charge is 0.324 e. The van der Waals surface area contributed by atoms with E-state index in [-0.39, 0.29) is 5.54 Å². The molecule has 3 nitrogen and oxygen atoms in total. The first-order valence-corrected chi connectivity index (χ1v) is 7.29. The second-order valence-electron chi connectivity index (χ2n) is 6.25. The summed E-state index contributed by atoms with van der Waals surface area (Å²) >= 11 is 0. The molecular weight excluding hydrogens is 234 g/mol. The van der Waals surface area contributed by atoms with Gasteiger partial charge in [-0.1, -0.05) is 18.9 Å². The van der Waals surface area contributed by atoms with E-state index in [2.05, 4.69) is 43.5 Å². The van der Waals surface area contributed by atoms with Crippen LogP contribution in [-0.4, -0.2) is 9.55 Å². The molecule has 1 aliphatic rings. The molecular formula is C16H23N3. The van der Waals surface area contributed by atoms with Gasteiger partial charge in [-0.05, 0) is 51.3 Å². The summed E-state index contributed by atoms with van der Waals surface area (Å²) in [5, 5.41) is 0. The molecule has 0 radical (unpaired) electrons. The molecule has 1 aromatic carbocycles. The van der Waals surface area contributed by atoms with Crippen molar-refractivity contribution >= 4 is 11.0 Å². The predicted octanol–water partition coefficient (Wildman–Crippen LogP) is 3.65. The van der Waals surface area contributed by atoms with Gasteiger partial charge < -0.3 is 10.3 Å². The molecule has 2 N–H and O–H groups in total. The minimum Gasteiger partial charge on any atom is -0.324 e. The molecule has 0 unspecified atom stereocenters. The van der Waals surface area contributed by atoms with E-state index >= 15 is 0 Å². The van der Waals surface area contributed by atoms with E-state index in [4.69, 9.17) is 10.7 Å². The second-order valence-corrected chi connectivity index (χ2v) is 6.25. The Morgan fingerprint density at radius 3 is 2.58 bits per heavy atom. The molecule has 0 spiro atoms. The third-order valence-electron chi connectivity index (χ3n) is 4.30. The van der Waals surface area contributed by atoms with Gasteiger partial charge in [0.05, 0.1) is 16.6 Å². The van der Waals surface area contributed by atoms with Gasteiger partial charge >= 0.3 is 0 Å². The van der Waals surface area contributed by atoms with Crippen LogP contribution >= 0.6 is 0 Å². The van der Waals surface area contributed by atoms with E-state index in [0.29, 0.717) is 6.04 Å². The zero-order valence-corrected chi connectivity index (χ0v) is 12.1. The van der Waals surface area contributed by atoms with Gasteiger partial charge in [0.2, 0.25) is 0 Å². The maximum absolute atomic E-state index is 6.64. The fourth-order valence-electron chi connectivity index (χ4n) is 3.31. The maximum atomic E-state index is 6.64. The molecule has 1 aromatic heterocycles. The lowest BCUT2D eigenvalue weighted by atomic mass is 9.98. The average Bonchev–Trinajstić information content (AvgIpc) is 2.93. The summed E-state index contributed by atoms with van der Waals surface area (Å²) < 4.78 is 2.33. The normalized spacial score (nSPS) is 18.6. The smallest absolute Gasteiger partial charge is 0.130 e. The SMILES string of the molecule is Cc1ccc2c(c1)nc(C1(N)CCCC1)n2C(C)C. The molecule has 1 heterocycles. The highest BCUT2D eigenvalue weighted by Gasteiger charge is 2.36. The molecule has 1 fully saturated rings. The summed E-state index contributed by atoms with van der Waals surface area (Å²) in [5.41, 5.74) is 9.97. The lowest BCUT2D eigenvalue weighted by molar-refractivity contribution is 0.398. The van der Waals surface area contributed by atoms with Crippen molar-refractivity contribution in [2.45, 2.75) is 58.0 Å². The number of rotatable bonds is 2. The molecule has 102 valence electrons. The van der Waals surface area contributed by atoms with Crippen molar-refractivity contribution in [2.75, 3.05) is 0 Å². The van der Waals surface area contributed by atoms with Crippen molar-refractivity contribution in [1.29, 1.82) is 0 Å². The van der Waals surface area contributed by atoms with E-state index in [1.54, 1.807) is 0 Å². The summed E-state index contributed by atoms with van der Waals surface area (Å²) in [6.45, 7) is 6.53. The van der Waals surface area contributed by atoms with Gasteiger partial charge in [-0.15, -0.1) is 0 Å². The van der Waals surface area contributed by atoms with E-state index in [1.165, 1.54) is 23.9 Å². The number of aryl methyl sites for hydroxylation is 1. The van der Waals surface area contributed by atoms with Crippen molar-refractivity contribution in [3.8, 4) is 0 Å². The molecule has 1 saturated carbocycles. The second kappa shape index (κ2) is 4.34. The predicted molar refractivity (Wildman–Crippen MR) is 79.2 cm³/mol. The molecule has 0 bridgehead atoms. The molecule has 0 atom stereocenters. The summed E-state index contributed by atoms with van der Waals surface area (Å²) in [5.74, 6) is 1.08. The van der Waals surface area contributed by atoms with Crippen LogP contribution < -0.4 is 5.73 Å². The van der Waals surface area contributed by atoms with Crippen molar-refractivity contribution in [3.63, 3.8) is 0 Å². The topological polar surface area (TPSA) is 43.8 Å². The number of hydrogen-bond acceptors (Lipinski definition) is 2. The van der Waals surface area contributed by atoms with Gasteiger partial charge in [-0.25, -0.2) is 4.98 Å². The van der Waals surface area contributed by atoms with Crippen LogP contribution in [0.4, 0.5) is 0 Å². The van der Waals surface area contributed by atoms with E-state index in [0.717, 1.165) is 24.2 Å². The molecule has 3 rings (SSSR count). The van der Waals surface area contributed by atoms with Crippen molar-refractivity contribution < 1.29 is 0 Å².